The van der Waals surface area contributed by atoms with Crippen molar-refractivity contribution < 1.29 is 0 Å². The molecule has 0 unspecified atom stereocenters. The molecule has 0 saturated carbocycles. The van der Waals surface area contributed by atoms with Gasteiger partial charge in [0.05, 0.1) is 0 Å². The topological polar surface area (TPSA) is 26.0 Å². The summed E-state index contributed by atoms with van der Waals surface area (Å²) in [6, 6.07) is 6.75. The summed E-state index contributed by atoms with van der Waals surface area (Å²) >= 11 is 3.55. The first-order valence-corrected chi connectivity index (χ1v) is 5.08. The highest BCUT2D eigenvalue weighted by atomic mass is 79.9. The zero-order valence-corrected chi connectivity index (χ0v) is 9.70. The summed E-state index contributed by atoms with van der Waals surface area (Å²) in [5, 5.41) is 0. The molecule has 13 heavy (non-hydrogen) atoms. The number of hydrogen-bond acceptors (Lipinski definition) is 1. The summed E-state index contributed by atoms with van der Waals surface area (Å²) in [7, 11) is 0. The second kappa shape index (κ2) is 4.45. The van der Waals surface area contributed by atoms with E-state index in [4.69, 9.17) is 5.73 Å². The molecular formula is C10H13BrClN. The minimum atomic E-state index is 0. The van der Waals surface area contributed by atoms with Gasteiger partial charge in [0, 0.05) is 10.5 Å². The van der Waals surface area contributed by atoms with Crippen LogP contribution in [0.25, 0.3) is 0 Å². The Bertz CT molecular complexity index is 301. The van der Waals surface area contributed by atoms with Gasteiger partial charge in [0.1, 0.15) is 0 Å². The van der Waals surface area contributed by atoms with Crippen molar-refractivity contribution >= 4 is 28.3 Å². The molecule has 1 atom stereocenters. The van der Waals surface area contributed by atoms with Crippen LogP contribution < -0.4 is 5.73 Å². The third-order valence-corrected chi connectivity index (χ3v) is 3.21. The first-order valence-electron chi connectivity index (χ1n) is 4.29. The highest BCUT2D eigenvalue weighted by Crippen LogP contribution is 2.27. The van der Waals surface area contributed by atoms with Crippen LogP contribution in [0.2, 0.25) is 0 Å². The lowest BCUT2D eigenvalue weighted by molar-refractivity contribution is 0.575. The molecule has 0 bridgehead atoms. The van der Waals surface area contributed by atoms with Crippen molar-refractivity contribution in [1.82, 2.24) is 0 Å². The molecule has 1 aromatic carbocycles. The Labute approximate surface area is 93.2 Å². The number of fused-ring (bicyclic) bond motifs is 1. The monoisotopic (exact) mass is 261 g/mol. The van der Waals surface area contributed by atoms with E-state index >= 15 is 0 Å². The molecule has 0 fully saturated rings. The van der Waals surface area contributed by atoms with Crippen molar-refractivity contribution in [1.29, 1.82) is 0 Å². The molecule has 1 aliphatic rings. The molecule has 1 aromatic rings. The minimum absolute atomic E-state index is 0. The predicted octanol–water partition coefficient (Wildman–Crippen LogP) is 2.69. The maximum atomic E-state index is 5.90. The van der Waals surface area contributed by atoms with E-state index in [0.717, 1.165) is 19.3 Å². The minimum Gasteiger partial charge on any atom is -0.327 e. The molecule has 0 amide bonds. The van der Waals surface area contributed by atoms with E-state index < -0.39 is 0 Å². The lowest BCUT2D eigenvalue weighted by Crippen LogP contribution is -2.28. The first-order chi connectivity index (χ1) is 5.77. The second-order valence-electron chi connectivity index (χ2n) is 3.38. The quantitative estimate of drug-likeness (QED) is 0.764. The van der Waals surface area contributed by atoms with Gasteiger partial charge < -0.3 is 5.73 Å². The molecule has 0 saturated heterocycles. The van der Waals surface area contributed by atoms with Gasteiger partial charge in [-0.1, -0.05) is 28.1 Å². The van der Waals surface area contributed by atoms with Gasteiger partial charge in [-0.2, -0.15) is 0 Å². The molecule has 1 aliphatic carbocycles. The lowest BCUT2D eigenvalue weighted by Gasteiger charge is -2.22. The van der Waals surface area contributed by atoms with E-state index in [1.54, 1.807) is 0 Å². The summed E-state index contributed by atoms with van der Waals surface area (Å²) < 4.78 is 1.22. The Hall–Kier alpha value is -0.0500. The third kappa shape index (κ3) is 2.25. The van der Waals surface area contributed by atoms with Crippen molar-refractivity contribution in [2.45, 2.75) is 25.3 Å². The Morgan fingerprint density at radius 3 is 2.92 bits per heavy atom. The van der Waals surface area contributed by atoms with Crippen LogP contribution in [0.4, 0.5) is 0 Å². The van der Waals surface area contributed by atoms with Crippen molar-refractivity contribution in [3.63, 3.8) is 0 Å². The number of aryl methyl sites for hydroxylation is 1. The van der Waals surface area contributed by atoms with Gasteiger partial charge >= 0.3 is 0 Å². The van der Waals surface area contributed by atoms with Crippen LogP contribution in [0.1, 0.15) is 17.5 Å². The molecule has 0 heterocycles. The number of halogens is 2. The summed E-state index contributed by atoms with van der Waals surface area (Å²) in [5.41, 5.74) is 8.77. The van der Waals surface area contributed by atoms with Gasteiger partial charge in [-0.05, 0) is 36.5 Å². The summed E-state index contributed by atoms with van der Waals surface area (Å²) in [6.07, 6.45) is 3.29. The molecule has 72 valence electrons. The van der Waals surface area contributed by atoms with E-state index in [0.29, 0.717) is 6.04 Å². The van der Waals surface area contributed by atoms with Gasteiger partial charge in [-0.15, -0.1) is 12.4 Å². The van der Waals surface area contributed by atoms with Crippen LogP contribution in [0.5, 0.6) is 0 Å². The second-order valence-corrected chi connectivity index (χ2v) is 4.23. The fourth-order valence-corrected chi connectivity index (χ4v) is 2.34. The smallest absolute Gasteiger partial charge is 0.0210 e. The van der Waals surface area contributed by atoms with Crippen molar-refractivity contribution in [2.24, 2.45) is 5.73 Å². The van der Waals surface area contributed by atoms with Crippen molar-refractivity contribution in [3.05, 3.63) is 33.8 Å². The maximum absolute atomic E-state index is 5.90. The fourth-order valence-electron chi connectivity index (χ4n) is 1.77. The molecule has 1 nitrogen and oxygen atoms in total. The van der Waals surface area contributed by atoms with Crippen molar-refractivity contribution in [2.75, 3.05) is 0 Å². The largest absolute Gasteiger partial charge is 0.327 e. The number of rotatable bonds is 0. The Balaban J connectivity index is 0.000000845. The fraction of sp³-hybridized carbons (Fsp3) is 0.400. The third-order valence-electron chi connectivity index (χ3n) is 2.47. The number of benzene rings is 1. The molecule has 3 heteroatoms. The van der Waals surface area contributed by atoms with E-state index in [2.05, 4.69) is 34.1 Å². The zero-order valence-electron chi connectivity index (χ0n) is 7.29. The van der Waals surface area contributed by atoms with Crippen LogP contribution in [-0.2, 0) is 12.8 Å². The predicted molar refractivity (Wildman–Crippen MR) is 61.4 cm³/mol. The molecule has 0 aliphatic heterocycles. The zero-order chi connectivity index (χ0) is 8.55. The average molecular weight is 263 g/mol. The first kappa shape index (κ1) is 11.0. The summed E-state index contributed by atoms with van der Waals surface area (Å²) in [6.45, 7) is 0. The van der Waals surface area contributed by atoms with Crippen LogP contribution in [0.15, 0.2) is 22.7 Å². The highest BCUT2D eigenvalue weighted by molar-refractivity contribution is 9.10. The van der Waals surface area contributed by atoms with Gasteiger partial charge in [-0.3, -0.25) is 0 Å². The van der Waals surface area contributed by atoms with Gasteiger partial charge in [0.25, 0.3) is 0 Å². The van der Waals surface area contributed by atoms with E-state index in [1.807, 2.05) is 0 Å². The summed E-state index contributed by atoms with van der Waals surface area (Å²) in [4.78, 5) is 0. The molecule has 2 N–H and O–H groups in total. The lowest BCUT2D eigenvalue weighted by atomic mass is 9.89. The van der Waals surface area contributed by atoms with Gasteiger partial charge in [0.2, 0.25) is 0 Å². The molecule has 0 spiro atoms. The van der Waals surface area contributed by atoms with Gasteiger partial charge in [0.15, 0.2) is 0 Å². The maximum Gasteiger partial charge on any atom is 0.0210 e. The van der Waals surface area contributed by atoms with Crippen LogP contribution in [0.3, 0.4) is 0 Å². The number of hydrogen-bond donors (Lipinski definition) is 1. The summed E-state index contributed by atoms with van der Waals surface area (Å²) in [5.74, 6) is 0. The molecule has 0 aromatic heterocycles. The molecule has 2 rings (SSSR count). The van der Waals surface area contributed by atoms with Crippen LogP contribution in [-0.4, -0.2) is 6.04 Å². The van der Waals surface area contributed by atoms with E-state index in [1.165, 1.54) is 15.6 Å². The Morgan fingerprint density at radius 1 is 1.38 bits per heavy atom. The Kier molecular flexibility index (Phi) is 3.77. The molecule has 0 radical (unpaired) electrons. The van der Waals surface area contributed by atoms with Crippen molar-refractivity contribution in [3.8, 4) is 0 Å². The van der Waals surface area contributed by atoms with Gasteiger partial charge in [-0.25, -0.2) is 0 Å². The van der Waals surface area contributed by atoms with Crippen LogP contribution in [0, 0.1) is 0 Å². The normalized spacial score (nSPS) is 20.3. The van der Waals surface area contributed by atoms with E-state index in [9.17, 15) is 0 Å². The van der Waals surface area contributed by atoms with E-state index in [-0.39, 0.29) is 12.4 Å². The number of nitrogens with two attached hydrogens (primary N) is 1. The molecular weight excluding hydrogens is 249 g/mol. The van der Waals surface area contributed by atoms with Crippen LogP contribution >= 0.6 is 28.3 Å². The SMILES string of the molecule is Cl.N[C@@H]1CCc2cccc(Br)c2C1. The standard InChI is InChI=1S/C10H12BrN.ClH/c11-10-3-1-2-7-4-5-8(12)6-9(7)10;/h1-3,8H,4-6,12H2;1H/t8-;/m1./s1. The average Bonchev–Trinajstić information content (AvgIpc) is 2.07. The highest BCUT2D eigenvalue weighted by Gasteiger charge is 2.16. The Morgan fingerprint density at radius 2 is 2.15 bits per heavy atom.